The zero-order chi connectivity index (χ0) is 20.7. The van der Waals surface area contributed by atoms with Crippen LogP contribution in [0.4, 0.5) is 0 Å². The molecular formula is C20H23NO6S. The molecule has 7 nitrogen and oxygen atoms in total. The van der Waals surface area contributed by atoms with E-state index < -0.39 is 22.6 Å². The number of hydrogen-bond acceptors (Lipinski definition) is 6. The van der Waals surface area contributed by atoms with Crippen molar-refractivity contribution in [3.05, 3.63) is 59.7 Å². The lowest BCUT2D eigenvalue weighted by Crippen LogP contribution is -2.30. The lowest BCUT2D eigenvalue weighted by molar-refractivity contribution is 0.0474. The Morgan fingerprint density at radius 2 is 1.61 bits per heavy atom. The van der Waals surface area contributed by atoms with Gasteiger partial charge in [0.2, 0.25) is 10.0 Å². The predicted octanol–water partition coefficient (Wildman–Crippen LogP) is 2.77. The zero-order valence-electron chi connectivity index (χ0n) is 16.0. The SMILES string of the molecule is CCN(CC)S(=O)(=O)c1cccc(C(=O)OCC(=O)c2ccc(OC)cc2)c1. The van der Waals surface area contributed by atoms with Gasteiger partial charge in [-0.2, -0.15) is 4.31 Å². The number of nitrogens with zero attached hydrogens (tertiary/aromatic N) is 1. The topological polar surface area (TPSA) is 90.0 Å². The van der Waals surface area contributed by atoms with Gasteiger partial charge in [0, 0.05) is 18.7 Å². The summed E-state index contributed by atoms with van der Waals surface area (Å²) >= 11 is 0. The molecule has 0 amide bonds. The number of esters is 1. The van der Waals surface area contributed by atoms with Crippen molar-refractivity contribution in [1.29, 1.82) is 0 Å². The minimum absolute atomic E-state index is 0.00660. The molecule has 0 atom stereocenters. The molecule has 0 fully saturated rings. The molecule has 0 heterocycles. The lowest BCUT2D eigenvalue weighted by atomic mass is 10.1. The van der Waals surface area contributed by atoms with E-state index in [0.29, 0.717) is 24.4 Å². The van der Waals surface area contributed by atoms with E-state index in [1.54, 1.807) is 38.1 Å². The van der Waals surface area contributed by atoms with E-state index >= 15 is 0 Å². The van der Waals surface area contributed by atoms with Crippen molar-refractivity contribution >= 4 is 21.8 Å². The van der Waals surface area contributed by atoms with Crippen LogP contribution in [0.5, 0.6) is 5.75 Å². The van der Waals surface area contributed by atoms with Crippen molar-refractivity contribution in [2.75, 3.05) is 26.8 Å². The number of rotatable bonds is 9. The minimum atomic E-state index is -3.69. The molecule has 0 aliphatic carbocycles. The maximum absolute atomic E-state index is 12.6. The quantitative estimate of drug-likeness (QED) is 0.471. The first-order valence-corrected chi connectivity index (χ1v) is 10.2. The van der Waals surface area contributed by atoms with Gasteiger partial charge >= 0.3 is 5.97 Å². The summed E-state index contributed by atoms with van der Waals surface area (Å²) in [5, 5.41) is 0. The summed E-state index contributed by atoms with van der Waals surface area (Å²) in [6.45, 7) is 3.68. The van der Waals surface area contributed by atoms with Crippen molar-refractivity contribution in [2.45, 2.75) is 18.7 Å². The fourth-order valence-corrected chi connectivity index (χ4v) is 4.08. The van der Waals surface area contributed by atoms with Crippen LogP contribution in [0.3, 0.4) is 0 Å². The summed E-state index contributed by atoms with van der Waals surface area (Å²) < 4.78 is 36.5. The van der Waals surface area contributed by atoms with E-state index in [0.717, 1.165) is 0 Å². The van der Waals surface area contributed by atoms with Crippen LogP contribution in [0.1, 0.15) is 34.6 Å². The first-order chi connectivity index (χ1) is 13.3. The van der Waals surface area contributed by atoms with E-state index in [4.69, 9.17) is 9.47 Å². The van der Waals surface area contributed by atoms with Crippen LogP contribution >= 0.6 is 0 Å². The van der Waals surface area contributed by atoms with Gasteiger partial charge in [0.1, 0.15) is 5.75 Å². The van der Waals surface area contributed by atoms with Crippen LogP contribution in [-0.4, -0.2) is 51.3 Å². The molecule has 0 aliphatic rings. The highest BCUT2D eigenvalue weighted by Crippen LogP contribution is 2.18. The fourth-order valence-electron chi connectivity index (χ4n) is 2.57. The van der Waals surface area contributed by atoms with Gasteiger partial charge in [0.25, 0.3) is 0 Å². The maximum atomic E-state index is 12.6. The first kappa shape index (κ1) is 21.6. The summed E-state index contributed by atoms with van der Waals surface area (Å²) in [5.41, 5.74) is 0.447. The summed E-state index contributed by atoms with van der Waals surface area (Å²) in [5.74, 6) is -0.527. The number of sulfonamides is 1. The number of methoxy groups -OCH3 is 1. The Morgan fingerprint density at radius 3 is 2.18 bits per heavy atom. The third-order valence-corrected chi connectivity index (χ3v) is 6.21. The van der Waals surface area contributed by atoms with Gasteiger partial charge in [-0.1, -0.05) is 19.9 Å². The van der Waals surface area contributed by atoms with Crippen molar-refractivity contribution in [2.24, 2.45) is 0 Å². The Kier molecular flexibility index (Phi) is 7.31. The highest BCUT2D eigenvalue weighted by Gasteiger charge is 2.23. The Hall–Kier alpha value is -2.71. The average Bonchev–Trinajstić information content (AvgIpc) is 2.72. The predicted molar refractivity (Wildman–Crippen MR) is 104 cm³/mol. The van der Waals surface area contributed by atoms with Crippen LogP contribution in [0.25, 0.3) is 0 Å². The monoisotopic (exact) mass is 405 g/mol. The molecule has 2 aromatic rings. The van der Waals surface area contributed by atoms with Crippen molar-refractivity contribution in [3.63, 3.8) is 0 Å². The number of benzene rings is 2. The second-order valence-electron chi connectivity index (χ2n) is 5.84. The van der Waals surface area contributed by atoms with Gasteiger partial charge < -0.3 is 9.47 Å². The zero-order valence-corrected chi connectivity index (χ0v) is 16.9. The Morgan fingerprint density at radius 1 is 0.964 bits per heavy atom. The highest BCUT2D eigenvalue weighted by atomic mass is 32.2. The molecule has 2 aromatic carbocycles. The minimum Gasteiger partial charge on any atom is -0.497 e. The van der Waals surface area contributed by atoms with Gasteiger partial charge in [-0.25, -0.2) is 13.2 Å². The van der Waals surface area contributed by atoms with E-state index in [2.05, 4.69) is 0 Å². The Balaban J connectivity index is 2.09. The number of ether oxygens (including phenoxy) is 2. The molecule has 0 aliphatic heterocycles. The normalized spacial score (nSPS) is 11.3. The Bertz CT molecular complexity index is 933. The van der Waals surface area contributed by atoms with Crippen LogP contribution in [0.15, 0.2) is 53.4 Å². The standard InChI is InChI=1S/C20H23NO6S/c1-4-21(5-2)28(24,25)18-8-6-7-16(13-18)20(23)27-14-19(22)15-9-11-17(26-3)12-10-15/h6-13H,4-5,14H2,1-3H3. The summed E-state index contributed by atoms with van der Waals surface area (Å²) in [6.07, 6.45) is 0. The van der Waals surface area contributed by atoms with Crippen molar-refractivity contribution in [1.82, 2.24) is 4.31 Å². The Labute approximate surface area is 164 Å². The summed E-state index contributed by atoms with van der Waals surface area (Å²) in [4.78, 5) is 24.4. The van der Waals surface area contributed by atoms with Gasteiger partial charge in [0.15, 0.2) is 12.4 Å². The molecule has 2 rings (SSSR count). The molecule has 0 radical (unpaired) electrons. The fraction of sp³-hybridized carbons (Fsp3) is 0.300. The van der Waals surface area contributed by atoms with Crippen LogP contribution in [-0.2, 0) is 14.8 Å². The molecular weight excluding hydrogens is 382 g/mol. The average molecular weight is 405 g/mol. The second kappa shape index (κ2) is 9.48. The van der Waals surface area contributed by atoms with E-state index in [-0.39, 0.29) is 16.2 Å². The summed E-state index contributed by atoms with van der Waals surface area (Å²) in [7, 11) is -2.17. The second-order valence-corrected chi connectivity index (χ2v) is 7.78. The van der Waals surface area contributed by atoms with E-state index in [1.807, 2.05) is 0 Å². The van der Waals surface area contributed by atoms with E-state index in [9.17, 15) is 18.0 Å². The molecule has 0 saturated heterocycles. The molecule has 0 N–H and O–H groups in total. The van der Waals surface area contributed by atoms with Gasteiger partial charge in [-0.15, -0.1) is 0 Å². The molecule has 0 spiro atoms. The molecule has 28 heavy (non-hydrogen) atoms. The molecule has 8 heteroatoms. The van der Waals surface area contributed by atoms with Crippen molar-refractivity contribution in [3.8, 4) is 5.75 Å². The molecule has 0 aromatic heterocycles. The molecule has 0 unspecified atom stereocenters. The highest BCUT2D eigenvalue weighted by molar-refractivity contribution is 7.89. The molecule has 150 valence electrons. The lowest BCUT2D eigenvalue weighted by Gasteiger charge is -2.18. The van der Waals surface area contributed by atoms with Gasteiger partial charge in [-0.3, -0.25) is 4.79 Å². The van der Waals surface area contributed by atoms with Gasteiger partial charge in [0.05, 0.1) is 17.6 Å². The number of ketones is 1. The summed E-state index contributed by atoms with van der Waals surface area (Å²) in [6, 6.07) is 12.0. The smallest absolute Gasteiger partial charge is 0.338 e. The largest absolute Gasteiger partial charge is 0.497 e. The van der Waals surface area contributed by atoms with E-state index in [1.165, 1.54) is 35.7 Å². The third kappa shape index (κ3) is 4.96. The maximum Gasteiger partial charge on any atom is 0.338 e. The van der Waals surface area contributed by atoms with Crippen LogP contribution in [0.2, 0.25) is 0 Å². The number of hydrogen-bond donors (Lipinski definition) is 0. The van der Waals surface area contributed by atoms with Gasteiger partial charge in [-0.05, 0) is 42.5 Å². The molecule has 0 bridgehead atoms. The van der Waals surface area contributed by atoms with Crippen LogP contribution in [0, 0.1) is 0 Å². The number of Topliss-reactive ketones (excluding diaryl/α,β-unsaturated/α-hetero) is 1. The van der Waals surface area contributed by atoms with Crippen molar-refractivity contribution < 1.29 is 27.5 Å². The first-order valence-electron chi connectivity index (χ1n) is 8.78. The number of carbonyl (C=O) groups excluding carboxylic acids is 2. The third-order valence-electron chi connectivity index (χ3n) is 4.16. The molecule has 0 saturated carbocycles. The number of carbonyl (C=O) groups is 2. The van der Waals surface area contributed by atoms with Crippen LogP contribution < -0.4 is 4.74 Å².